The number of phenols is 1. The van der Waals surface area contributed by atoms with E-state index in [-0.39, 0.29) is 0 Å². The first-order valence-corrected chi connectivity index (χ1v) is 9.11. The number of rotatable bonds is 4. The summed E-state index contributed by atoms with van der Waals surface area (Å²) < 4.78 is 0. The van der Waals surface area contributed by atoms with Crippen molar-refractivity contribution in [2.75, 3.05) is 0 Å². The molecule has 0 aromatic heterocycles. The standard InChI is InChI=1S/C17H23OSi/c1-5-19(6-2)15-11-13-9-7-8-10-14(13)16(12(3)4)17(15)18/h7-12,18H,5-6H2,1-4H3. The average Bonchev–Trinajstić information content (AvgIpc) is 2.40. The predicted molar refractivity (Wildman–Crippen MR) is 86.1 cm³/mol. The second kappa shape index (κ2) is 5.79. The number of phenolic OH excluding ortho intramolecular Hbond substituents is 1. The van der Waals surface area contributed by atoms with Gasteiger partial charge in [0, 0.05) is 5.56 Å². The van der Waals surface area contributed by atoms with Crippen LogP contribution in [0.5, 0.6) is 5.75 Å². The van der Waals surface area contributed by atoms with E-state index in [2.05, 4.69) is 58.0 Å². The minimum atomic E-state index is -0.626. The van der Waals surface area contributed by atoms with E-state index in [9.17, 15) is 5.11 Å². The molecule has 0 atom stereocenters. The van der Waals surface area contributed by atoms with E-state index in [1.54, 1.807) is 0 Å². The lowest BCUT2D eigenvalue weighted by Gasteiger charge is -2.20. The number of hydrogen-bond acceptors (Lipinski definition) is 1. The molecule has 0 aliphatic rings. The third kappa shape index (κ3) is 2.55. The van der Waals surface area contributed by atoms with Gasteiger partial charge in [-0.1, -0.05) is 70.1 Å². The van der Waals surface area contributed by atoms with Crippen LogP contribution < -0.4 is 5.19 Å². The Morgan fingerprint density at radius 1 is 1.11 bits per heavy atom. The molecule has 0 aliphatic heterocycles. The van der Waals surface area contributed by atoms with Crippen molar-refractivity contribution in [1.82, 2.24) is 0 Å². The fourth-order valence-electron chi connectivity index (χ4n) is 2.85. The molecule has 0 fully saturated rings. The van der Waals surface area contributed by atoms with Crippen LogP contribution >= 0.6 is 0 Å². The largest absolute Gasteiger partial charge is 0.508 e. The number of hydrogen-bond donors (Lipinski definition) is 1. The van der Waals surface area contributed by atoms with E-state index >= 15 is 0 Å². The molecular weight excluding hydrogens is 248 g/mol. The first-order valence-electron chi connectivity index (χ1n) is 7.19. The normalized spacial score (nSPS) is 11.7. The summed E-state index contributed by atoms with van der Waals surface area (Å²) in [6.45, 7) is 8.80. The molecule has 0 bridgehead atoms. The molecule has 0 heterocycles. The zero-order valence-corrected chi connectivity index (χ0v) is 13.3. The maximum absolute atomic E-state index is 10.7. The Balaban J connectivity index is 2.76. The summed E-state index contributed by atoms with van der Waals surface area (Å²) >= 11 is 0. The second-order valence-corrected chi connectivity index (χ2v) is 8.53. The van der Waals surface area contributed by atoms with Crippen molar-refractivity contribution < 1.29 is 5.11 Å². The number of fused-ring (bicyclic) bond motifs is 1. The summed E-state index contributed by atoms with van der Waals surface area (Å²) in [5.74, 6) is 0.910. The van der Waals surface area contributed by atoms with Crippen molar-refractivity contribution >= 4 is 24.8 Å². The van der Waals surface area contributed by atoms with Crippen LogP contribution in [-0.4, -0.2) is 13.9 Å². The smallest absolute Gasteiger partial charge is 0.118 e. The van der Waals surface area contributed by atoms with Gasteiger partial charge >= 0.3 is 0 Å². The first kappa shape index (κ1) is 14.1. The van der Waals surface area contributed by atoms with Crippen molar-refractivity contribution in [1.29, 1.82) is 0 Å². The Morgan fingerprint density at radius 2 is 1.74 bits per heavy atom. The molecule has 0 unspecified atom stereocenters. The SMILES string of the molecule is CC[Si](CC)c1cc2ccccc2c(C(C)C)c1O. The van der Waals surface area contributed by atoms with Gasteiger partial charge in [0.2, 0.25) is 0 Å². The molecule has 2 rings (SSSR count). The van der Waals surface area contributed by atoms with Crippen molar-refractivity contribution in [3.63, 3.8) is 0 Å². The summed E-state index contributed by atoms with van der Waals surface area (Å²) in [6.07, 6.45) is 0. The Morgan fingerprint density at radius 3 is 2.32 bits per heavy atom. The Bertz CT molecular complexity index is 571. The minimum Gasteiger partial charge on any atom is -0.508 e. The average molecular weight is 271 g/mol. The molecular formula is C17H23OSi. The molecule has 0 saturated carbocycles. The molecule has 0 spiro atoms. The molecule has 1 nitrogen and oxygen atoms in total. The van der Waals surface area contributed by atoms with Crippen molar-refractivity contribution in [3.8, 4) is 5.75 Å². The highest BCUT2D eigenvalue weighted by atomic mass is 28.3. The monoisotopic (exact) mass is 271 g/mol. The van der Waals surface area contributed by atoms with Gasteiger partial charge in [0.05, 0.1) is 8.80 Å². The van der Waals surface area contributed by atoms with Gasteiger partial charge in [0.15, 0.2) is 0 Å². The Labute approximate surface area is 117 Å². The van der Waals surface area contributed by atoms with Gasteiger partial charge in [-0.05, 0) is 21.9 Å². The molecule has 0 amide bonds. The van der Waals surface area contributed by atoms with Gasteiger partial charge in [-0.3, -0.25) is 0 Å². The van der Waals surface area contributed by atoms with Gasteiger partial charge in [0.25, 0.3) is 0 Å². The highest BCUT2D eigenvalue weighted by molar-refractivity contribution is 6.74. The predicted octanol–water partition coefficient (Wildman–Crippen LogP) is 4.41. The minimum absolute atomic E-state index is 0.349. The molecule has 101 valence electrons. The van der Waals surface area contributed by atoms with Crippen LogP contribution in [0.3, 0.4) is 0 Å². The quantitative estimate of drug-likeness (QED) is 0.817. The van der Waals surface area contributed by atoms with E-state index < -0.39 is 8.80 Å². The Hall–Kier alpha value is -1.28. The van der Waals surface area contributed by atoms with Gasteiger partial charge < -0.3 is 5.11 Å². The lowest BCUT2D eigenvalue weighted by Crippen LogP contribution is -2.29. The van der Waals surface area contributed by atoms with Crippen molar-refractivity contribution in [3.05, 3.63) is 35.9 Å². The van der Waals surface area contributed by atoms with Crippen molar-refractivity contribution in [2.45, 2.75) is 45.7 Å². The molecule has 2 aromatic carbocycles. The van der Waals surface area contributed by atoms with Gasteiger partial charge in [-0.2, -0.15) is 0 Å². The van der Waals surface area contributed by atoms with Gasteiger partial charge in [-0.15, -0.1) is 0 Å². The summed E-state index contributed by atoms with van der Waals surface area (Å²) in [4.78, 5) is 0. The van der Waals surface area contributed by atoms with E-state index in [0.29, 0.717) is 11.7 Å². The lowest BCUT2D eigenvalue weighted by atomic mass is 9.95. The third-order valence-corrected chi connectivity index (χ3v) is 6.72. The van der Waals surface area contributed by atoms with Crippen LogP contribution in [0.15, 0.2) is 30.3 Å². The molecule has 19 heavy (non-hydrogen) atoms. The second-order valence-electron chi connectivity index (χ2n) is 5.37. The van der Waals surface area contributed by atoms with Crippen LogP contribution in [0.2, 0.25) is 12.1 Å². The van der Waals surface area contributed by atoms with Crippen LogP contribution in [0, 0.1) is 0 Å². The maximum Gasteiger partial charge on any atom is 0.118 e. The highest BCUT2D eigenvalue weighted by Crippen LogP contribution is 2.32. The first-order chi connectivity index (χ1) is 9.10. The van der Waals surface area contributed by atoms with Crippen LogP contribution in [0.4, 0.5) is 0 Å². The summed E-state index contributed by atoms with van der Waals surface area (Å²) in [6, 6.07) is 13.0. The van der Waals surface area contributed by atoms with Gasteiger partial charge in [0.1, 0.15) is 5.75 Å². The zero-order chi connectivity index (χ0) is 14.0. The summed E-state index contributed by atoms with van der Waals surface area (Å²) in [5, 5.41) is 14.4. The third-order valence-electron chi connectivity index (χ3n) is 3.87. The van der Waals surface area contributed by atoms with Crippen LogP contribution in [0.25, 0.3) is 10.8 Å². The van der Waals surface area contributed by atoms with Crippen LogP contribution in [-0.2, 0) is 0 Å². The molecule has 1 radical (unpaired) electrons. The lowest BCUT2D eigenvalue weighted by molar-refractivity contribution is 0.470. The van der Waals surface area contributed by atoms with Crippen molar-refractivity contribution in [2.24, 2.45) is 0 Å². The Kier molecular flexibility index (Phi) is 4.30. The summed E-state index contributed by atoms with van der Waals surface area (Å²) in [7, 11) is -0.626. The number of aromatic hydroxyl groups is 1. The van der Waals surface area contributed by atoms with E-state index in [1.807, 2.05) is 0 Å². The summed E-state index contributed by atoms with van der Waals surface area (Å²) in [5.41, 5.74) is 1.12. The van der Waals surface area contributed by atoms with E-state index in [4.69, 9.17) is 0 Å². The highest BCUT2D eigenvalue weighted by Gasteiger charge is 2.20. The fraction of sp³-hybridized carbons (Fsp3) is 0.412. The molecule has 2 aromatic rings. The van der Waals surface area contributed by atoms with Crippen LogP contribution in [0.1, 0.15) is 39.2 Å². The van der Waals surface area contributed by atoms with Gasteiger partial charge in [-0.25, -0.2) is 0 Å². The topological polar surface area (TPSA) is 20.2 Å². The van der Waals surface area contributed by atoms with E-state index in [1.165, 1.54) is 28.0 Å². The molecule has 2 heteroatoms. The van der Waals surface area contributed by atoms with E-state index in [0.717, 1.165) is 5.56 Å². The molecule has 1 N–H and O–H groups in total. The molecule has 0 aliphatic carbocycles. The maximum atomic E-state index is 10.7. The molecule has 0 saturated heterocycles. The number of benzene rings is 2. The zero-order valence-electron chi connectivity index (χ0n) is 12.3. The fourth-order valence-corrected chi connectivity index (χ4v) is 4.94.